The van der Waals surface area contributed by atoms with Crippen LogP contribution in [0.4, 0.5) is 4.39 Å². The number of methoxy groups -OCH3 is 1. The van der Waals surface area contributed by atoms with Gasteiger partial charge in [0.25, 0.3) is 0 Å². The molecule has 0 amide bonds. The second-order valence-corrected chi connectivity index (χ2v) is 6.73. The highest BCUT2D eigenvalue weighted by Crippen LogP contribution is 2.19. The van der Waals surface area contributed by atoms with Crippen LogP contribution in [-0.4, -0.2) is 56.4 Å². The molecule has 0 aliphatic carbocycles. The van der Waals surface area contributed by atoms with Crippen LogP contribution in [0, 0.1) is 11.7 Å². The lowest BCUT2D eigenvalue weighted by Crippen LogP contribution is -2.47. The molecule has 7 heteroatoms. The fraction of sp³-hybridized carbons (Fsp3) is 0.529. The number of aliphatic imine (C=N–C) groups is 1. The van der Waals surface area contributed by atoms with E-state index in [9.17, 15) is 9.18 Å². The van der Waals surface area contributed by atoms with E-state index in [1.807, 2.05) is 0 Å². The average Bonchev–Trinajstić information content (AvgIpc) is 2.63. The van der Waals surface area contributed by atoms with Gasteiger partial charge in [-0.15, -0.1) is 11.8 Å². The smallest absolute Gasteiger partial charge is 0.308 e. The summed E-state index contributed by atoms with van der Waals surface area (Å²) < 4.78 is 17.7. The van der Waals surface area contributed by atoms with E-state index in [4.69, 9.17) is 4.74 Å². The highest BCUT2D eigenvalue weighted by molar-refractivity contribution is 7.99. The molecule has 1 saturated heterocycles. The second kappa shape index (κ2) is 9.52. The third-order valence-electron chi connectivity index (χ3n) is 4.01. The van der Waals surface area contributed by atoms with Gasteiger partial charge in [0.15, 0.2) is 5.96 Å². The number of halogens is 1. The fourth-order valence-electron chi connectivity index (χ4n) is 2.69. The van der Waals surface area contributed by atoms with Crippen molar-refractivity contribution in [3.05, 3.63) is 30.1 Å². The maximum Gasteiger partial charge on any atom is 0.308 e. The van der Waals surface area contributed by atoms with Crippen LogP contribution < -0.4 is 5.32 Å². The molecule has 1 aliphatic heterocycles. The van der Waals surface area contributed by atoms with E-state index < -0.39 is 0 Å². The number of thioether (sulfide) groups is 1. The Labute approximate surface area is 146 Å². The van der Waals surface area contributed by atoms with E-state index in [2.05, 4.69) is 15.2 Å². The summed E-state index contributed by atoms with van der Waals surface area (Å²) in [6, 6.07) is 6.51. The highest BCUT2D eigenvalue weighted by Gasteiger charge is 2.26. The molecule has 2 rings (SSSR count). The van der Waals surface area contributed by atoms with Gasteiger partial charge in [-0.3, -0.25) is 9.79 Å². The minimum atomic E-state index is -0.215. The molecule has 5 nitrogen and oxygen atoms in total. The summed E-state index contributed by atoms with van der Waals surface area (Å²) in [6.07, 6.45) is 1.58. The number of carbonyl (C=O) groups excluding carboxylic acids is 1. The average molecular weight is 353 g/mol. The molecular weight excluding hydrogens is 329 g/mol. The number of hydrogen-bond acceptors (Lipinski definition) is 4. The molecular formula is C17H24FN3O2S. The molecule has 1 aromatic carbocycles. The van der Waals surface area contributed by atoms with Crippen LogP contribution in [0.25, 0.3) is 0 Å². The van der Waals surface area contributed by atoms with Crippen LogP contribution in [0.1, 0.15) is 12.8 Å². The molecule has 132 valence electrons. The van der Waals surface area contributed by atoms with E-state index in [1.54, 1.807) is 30.9 Å². The predicted molar refractivity (Wildman–Crippen MR) is 94.8 cm³/mol. The molecule has 1 heterocycles. The first-order chi connectivity index (χ1) is 11.6. The van der Waals surface area contributed by atoms with Crippen LogP contribution in [-0.2, 0) is 9.53 Å². The third kappa shape index (κ3) is 5.40. The summed E-state index contributed by atoms with van der Waals surface area (Å²) >= 11 is 1.67. The Morgan fingerprint density at radius 1 is 1.38 bits per heavy atom. The molecule has 0 saturated carbocycles. The molecule has 1 aliphatic rings. The zero-order chi connectivity index (χ0) is 17.4. The number of guanidine groups is 1. The van der Waals surface area contributed by atoms with Gasteiger partial charge < -0.3 is 15.0 Å². The first-order valence-electron chi connectivity index (χ1n) is 8.06. The number of likely N-dealkylation sites (tertiary alicyclic amines) is 1. The summed E-state index contributed by atoms with van der Waals surface area (Å²) in [4.78, 5) is 19.1. The predicted octanol–water partition coefficient (Wildman–Crippen LogP) is 2.38. The monoisotopic (exact) mass is 353 g/mol. The Balaban J connectivity index is 1.71. The molecule has 1 N–H and O–H groups in total. The van der Waals surface area contributed by atoms with Crippen molar-refractivity contribution in [2.75, 3.05) is 39.5 Å². The number of nitrogens with zero attached hydrogens (tertiary/aromatic N) is 2. The van der Waals surface area contributed by atoms with E-state index in [0.29, 0.717) is 0 Å². The van der Waals surface area contributed by atoms with Crippen molar-refractivity contribution in [3.63, 3.8) is 0 Å². The number of hydrogen-bond donors (Lipinski definition) is 1. The summed E-state index contributed by atoms with van der Waals surface area (Å²) in [7, 11) is 3.20. The Morgan fingerprint density at radius 3 is 2.62 bits per heavy atom. The summed E-state index contributed by atoms with van der Waals surface area (Å²) in [6.45, 7) is 2.36. The van der Waals surface area contributed by atoms with E-state index in [1.165, 1.54) is 19.2 Å². The summed E-state index contributed by atoms with van der Waals surface area (Å²) in [5.74, 6) is 1.39. The molecule has 0 radical (unpaired) electrons. The van der Waals surface area contributed by atoms with E-state index >= 15 is 0 Å². The standard InChI is InChI=1S/C17H24FN3O2S/c1-19-17(21-10-7-13(8-11-21)16(22)23-2)20-9-12-24-15-5-3-14(18)4-6-15/h3-6,13H,7-12H2,1-2H3,(H,19,20). The van der Waals surface area contributed by atoms with Crippen molar-refractivity contribution in [2.45, 2.75) is 17.7 Å². The molecule has 24 heavy (non-hydrogen) atoms. The lowest BCUT2D eigenvalue weighted by molar-refractivity contribution is -0.146. The van der Waals surface area contributed by atoms with Gasteiger partial charge in [0.05, 0.1) is 13.0 Å². The number of ether oxygens (including phenoxy) is 1. The molecule has 0 spiro atoms. The molecule has 1 aromatic rings. The van der Waals surface area contributed by atoms with Gasteiger partial charge in [0, 0.05) is 37.3 Å². The van der Waals surface area contributed by atoms with Gasteiger partial charge in [-0.1, -0.05) is 0 Å². The Kier molecular flexibility index (Phi) is 7.36. The quantitative estimate of drug-likeness (QED) is 0.290. The van der Waals surface area contributed by atoms with Crippen molar-refractivity contribution in [1.29, 1.82) is 0 Å². The largest absolute Gasteiger partial charge is 0.469 e. The zero-order valence-electron chi connectivity index (χ0n) is 14.1. The lowest BCUT2D eigenvalue weighted by atomic mass is 9.97. The normalized spacial score (nSPS) is 16.1. The first-order valence-corrected chi connectivity index (χ1v) is 9.04. The van der Waals surface area contributed by atoms with Crippen LogP contribution in [0.3, 0.4) is 0 Å². The number of esters is 1. The first kappa shape index (κ1) is 18.6. The van der Waals surface area contributed by atoms with E-state index in [0.717, 1.165) is 49.1 Å². The molecule has 0 aromatic heterocycles. The maximum atomic E-state index is 12.9. The van der Waals surface area contributed by atoms with E-state index in [-0.39, 0.29) is 17.7 Å². The van der Waals surface area contributed by atoms with Crippen LogP contribution >= 0.6 is 11.8 Å². The van der Waals surface area contributed by atoms with Crippen LogP contribution in [0.15, 0.2) is 34.2 Å². The van der Waals surface area contributed by atoms with Gasteiger partial charge in [-0.25, -0.2) is 4.39 Å². The Hall–Kier alpha value is -1.76. The van der Waals surface area contributed by atoms with Gasteiger partial charge in [-0.2, -0.15) is 0 Å². The van der Waals surface area contributed by atoms with Gasteiger partial charge in [-0.05, 0) is 37.1 Å². The molecule has 1 fully saturated rings. The molecule has 0 bridgehead atoms. The van der Waals surface area contributed by atoms with Crippen molar-refractivity contribution in [1.82, 2.24) is 10.2 Å². The van der Waals surface area contributed by atoms with Gasteiger partial charge in [0.1, 0.15) is 5.82 Å². The minimum Gasteiger partial charge on any atom is -0.469 e. The molecule has 0 unspecified atom stereocenters. The number of rotatable bonds is 5. The van der Waals surface area contributed by atoms with Gasteiger partial charge >= 0.3 is 5.97 Å². The molecule has 0 atom stereocenters. The SMILES string of the molecule is CN=C(NCCSc1ccc(F)cc1)N1CCC(C(=O)OC)CC1. The van der Waals surface area contributed by atoms with Crippen molar-refractivity contribution in [3.8, 4) is 0 Å². The summed E-state index contributed by atoms with van der Waals surface area (Å²) in [5, 5.41) is 3.34. The number of piperidine rings is 1. The third-order valence-corrected chi connectivity index (χ3v) is 5.02. The second-order valence-electron chi connectivity index (χ2n) is 5.56. The number of nitrogens with one attached hydrogen (secondary N) is 1. The Bertz CT molecular complexity index is 557. The minimum absolute atomic E-state index is 0.00149. The van der Waals surface area contributed by atoms with Crippen LogP contribution in [0.5, 0.6) is 0 Å². The van der Waals surface area contributed by atoms with Crippen LogP contribution in [0.2, 0.25) is 0 Å². The lowest BCUT2D eigenvalue weighted by Gasteiger charge is -2.33. The van der Waals surface area contributed by atoms with Crippen molar-refractivity contribution in [2.24, 2.45) is 10.9 Å². The highest BCUT2D eigenvalue weighted by atomic mass is 32.2. The van der Waals surface area contributed by atoms with Crippen molar-refractivity contribution >= 4 is 23.7 Å². The topological polar surface area (TPSA) is 53.9 Å². The number of benzene rings is 1. The maximum absolute atomic E-state index is 12.9. The Morgan fingerprint density at radius 2 is 2.04 bits per heavy atom. The fourth-order valence-corrected chi connectivity index (χ4v) is 3.46. The number of carbonyl (C=O) groups is 1. The van der Waals surface area contributed by atoms with Gasteiger partial charge in [0.2, 0.25) is 0 Å². The van der Waals surface area contributed by atoms with Crippen molar-refractivity contribution < 1.29 is 13.9 Å². The summed E-state index contributed by atoms with van der Waals surface area (Å²) in [5.41, 5.74) is 0. The zero-order valence-corrected chi connectivity index (χ0v) is 14.9.